The summed E-state index contributed by atoms with van der Waals surface area (Å²) in [5.74, 6) is 0.576. The fraction of sp³-hybridized carbons (Fsp3) is 1.00. The first-order valence-corrected chi connectivity index (χ1v) is 3.22. The Morgan fingerprint density at radius 2 is 2.50 bits per heavy atom. The van der Waals surface area contributed by atoms with Gasteiger partial charge in [-0.05, 0) is 0 Å². The van der Waals surface area contributed by atoms with Crippen molar-refractivity contribution in [3.8, 4) is 0 Å². The second-order valence-electron chi connectivity index (χ2n) is 1.72. The molecule has 0 radical (unpaired) electrons. The highest BCUT2D eigenvalue weighted by molar-refractivity contribution is 6.17. The molecule has 48 valence electrons. The minimum atomic E-state index is 0.373. The SMILES string of the molecule is ClCCOC[C@@H]1CO1. The van der Waals surface area contributed by atoms with Gasteiger partial charge in [-0.25, -0.2) is 0 Å². The van der Waals surface area contributed by atoms with Gasteiger partial charge in [-0.2, -0.15) is 0 Å². The van der Waals surface area contributed by atoms with Crippen molar-refractivity contribution in [2.24, 2.45) is 0 Å². The summed E-state index contributed by atoms with van der Waals surface area (Å²) in [6, 6.07) is 0. The number of hydrogen-bond acceptors (Lipinski definition) is 2. The molecule has 8 heavy (non-hydrogen) atoms. The van der Waals surface area contributed by atoms with Crippen LogP contribution in [-0.4, -0.2) is 31.8 Å². The molecule has 1 aliphatic heterocycles. The van der Waals surface area contributed by atoms with E-state index in [1.807, 2.05) is 0 Å². The Morgan fingerprint density at radius 1 is 1.75 bits per heavy atom. The molecular formula is C5H9ClO2. The van der Waals surface area contributed by atoms with Gasteiger partial charge in [-0.1, -0.05) is 0 Å². The first kappa shape index (κ1) is 6.33. The maximum absolute atomic E-state index is 5.34. The predicted octanol–water partition coefficient (Wildman–Crippen LogP) is 0.641. The van der Waals surface area contributed by atoms with E-state index in [-0.39, 0.29) is 0 Å². The van der Waals surface area contributed by atoms with Crippen LogP contribution in [0.25, 0.3) is 0 Å². The number of hydrogen-bond donors (Lipinski definition) is 0. The van der Waals surface area contributed by atoms with Crippen LogP contribution in [0.5, 0.6) is 0 Å². The van der Waals surface area contributed by atoms with Crippen LogP contribution in [0.4, 0.5) is 0 Å². The number of alkyl halides is 1. The molecule has 0 aliphatic carbocycles. The van der Waals surface area contributed by atoms with Gasteiger partial charge in [0.25, 0.3) is 0 Å². The quantitative estimate of drug-likeness (QED) is 0.322. The molecule has 0 saturated carbocycles. The van der Waals surface area contributed by atoms with E-state index < -0.39 is 0 Å². The highest BCUT2D eigenvalue weighted by atomic mass is 35.5. The van der Waals surface area contributed by atoms with E-state index in [1.165, 1.54) is 0 Å². The zero-order valence-corrected chi connectivity index (χ0v) is 5.36. The summed E-state index contributed by atoms with van der Waals surface area (Å²) in [5.41, 5.74) is 0. The van der Waals surface area contributed by atoms with E-state index in [2.05, 4.69) is 0 Å². The second kappa shape index (κ2) is 3.28. The number of halogens is 1. The molecule has 0 bridgehead atoms. The Balaban J connectivity index is 1.74. The zero-order chi connectivity index (χ0) is 5.82. The molecule has 1 fully saturated rings. The molecule has 1 atom stereocenters. The Labute approximate surface area is 53.7 Å². The van der Waals surface area contributed by atoms with Crippen LogP contribution in [0, 0.1) is 0 Å². The third kappa shape index (κ3) is 2.50. The lowest BCUT2D eigenvalue weighted by Gasteiger charge is -1.94. The molecule has 1 rings (SSSR count). The zero-order valence-electron chi connectivity index (χ0n) is 4.60. The Hall–Kier alpha value is 0.210. The van der Waals surface area contributed by atoms with E-state index in [1.54, 1.807) is 0 Å². The van der Waals surface area contributed by atoms with Crippen LogP contribution >= 0.6 is 11.6 Å². The Bertz CT molecular complexity index is 63.4. The van der Waals surface area contributed by atoms with Crippen molar-refractivity contribution in [3.05, 3.63) is 0 Å². The van der Waals surface area contributed by atoms with Crippen molar-refractivity contribution in [2.75, 3.05) is 25.7 Å². The third-order valence-corrected chi connectivity index (χ3v) is 1.08. The van der Waals surface area contributed by atoms with Crippen LogP contribution in [0.3, 0.4) is 0 Å². The van der Waals surface area contributed by atoms with E-state index >= 15 is 0 Å². The number of epoxide rings is 1. The molecule has 0 amide bonds. The maximum atomic E-state index is 5.34. The summed E-state index contributed by atoms with van der Waals surface area (Å²) in [6.45, 7) is 2.22. The molecule has 0 aromatic rings. The summed E-state index contributed by atoms with van der Waals surface area (Å²) < 4.78 is 9.94. The van der Waals surface area contributed by atoms with Gasteiger partial charge in [0.05, 0.1) is 19.8 Å². The Kier molecular flexibility index (Phi) is 2.59. The van der Waals surface area contributed by atoms with Crippen molar-refractivity contribution in [1.29, 1.82) is 0 Å². The van der Waals surface area contributed by atoms with Crippen LogP contribution in [-0.2, 0) is 9.47 Å². The van der Waals surface area contributed by atoms with Crippen molar-refractivity contribution >= 4 is 11.6 Å². The van der Waals surface area contributed by atoms with Crippen molar-refractivity contribution in [3.63, 3.8) is 0 Å². The minimum Gasteiger partial charge on any atom is -0.377 e. The average Bonchev–Trinajstić information content (AvgIpc) is 2.51. The Morgan fingerprint density at radius 3 is 3.00 bits per heavy atom. The van der Waals surface area contributed by atoms with Crippen LogP contribution < -0.4 is 0 Å². The minimum absolute atomic E-state index is 0.373. The fourth-order valence-corrected chi connectivity index (χ4v) is 0.543. The van der Waals surface area contributed by atoms with Gasteiger partial charge in [0.1, 0.15) is 6.10 Å². The van der Waals surface area contributed by atoms with E-state index in [9.17, 15) is 0 Å². The topological polar surface area (TPSA) is 21.8 Å². The van der Waals surface area contributed by atoms with Gasteiger partial charge in [-0.3, -0.25) is 0 Å². The second-order valence-corrected chi connectivity index (χ2v) is 2.10. The molecule has 0 unspecified atom stereocenters. The van der Waals surface area contributed by atoms with Crippen LogP contribution in [0.1, 0.15) is 0 Å². The smallest absolute Gasteiger partial charge is 0.104 e. The lowest BCUT2D eigenvalue weighted by Crippen LogP contribution is -2.02. The standard InChI is InChI=1S/C5H9ClO2/c6-1-2-7-3-5-4-8-5/h5H,1-4H2/t5-/m1/s1. The highest BCUT2D eigenvalue weighted by Gasteiger charge is 2.21. The summed E-state index contributed by atoms with van der Waals surface area (Å²) in [6.07, 6.45) is 0.373. The van der Waals surface area contributed by atoms with Crippen molar-refractivity contribution in [1.82, 2.24) is 0 Å². The molecular weight excluding hydrogens is 128 g/mol. The summed E-state index contributed by atoms with van der Waals surface area (Å²) in [7, 11) is 0. The molecule has 1 heterocycles. The predicted molar refractivity (Wildman–Crippen MR) is 31.3 cm³/mol. The third-order valence-electron chi connectivity index (χ3n) is 0.928. The normalized spacial score (nSPS) is 25.9. The van der Waals surface area contributed by atoms with Crippen molar-refractivity contribution < 1.29 is 9.47 Å². The fourth-order valence-electron chi connectivity index (χ4n) is 0.434. The van der Waals surface area contributed by atoms with E-state index in [0.717, 1.165) is 6.61 Å². The first-order chi connectivity index (χ1) is 3.93. The molecule has 1 saturated heterocycles. The number of ether oxygens (including phenoxy) is 2. The summed E-state index contributed by atoms with van der Waals surface area (Å²) >= 11 is 5.34. The van der Waals surface area contributed by atoms with Crippen LogP contribution in [0.15, 0.2) is 0 Å². The van der Waals surface area contributed by atoms with Crippen LogP contribution in [0.2, 0.25) is 0 Å². The molecule has 3 heteroatoms. The summed E-state index contributed by atoms with van der Waals surface area (Å²) in [4.78, 5) is 0. The van der Waals surface area contributed by atoms with E-state index in [0.29, 0.717) is 25.2 Å². The molecule has 0 spiro atoms. The average molecular weight is 137 g/mol. The first-order valence-electron chi connectivity index (χ1n) is 2.69. The van der Waals surface area contributed by atoms with Gasteiger partial charge in [0, 0.05) is 5.88 Å². The highest BCUT2D eigenvalue weighted by Crippen LogP contribution is 2.07. The molecule has 2 nitrogen and oxygen atoms in total. The lowest BCUT2D eigenvalue weighted by atomic mass is 10.5. The maximum Gasteiger partial charge on any atom is 0.104 e. The summed E-state index contributed by atoms with van der Waals surface area (Å²) in [5, 5.41) is 0. The number of rotatable bonds is 4. The van der Waals surface area contributed by atoms with E-state index in [4.69, 9.17) is 21.1 Å². The molecule has 0 N–H and O–H groups in total. The van der Waals surface area contributed by atoms with Gasteiger partial charge < -0.3 is 9.47 Å². The largest absolute Gasteiger partial charge is 0.377 e. The molecule has 0 aromatic heterocycles. The molecule has 1 aliphatic rings. The van der Waals surface area contributed by atoms with Gasteiger partial charge in [0.2, 0.25) is 0 Å². The van der Waals surface area contributed by atoms with Gasteiger partial charge in [-0.15, -0.1) is 11.6 Å². The molecule has 0 aromatic carbocycles. The van der Waals surface area contributed by atoms with Crippen molar-refractivity contribution in [2.45, 2.75) is 6.10 Å². The monoisotopic (exact) mass is 136 g/mol. The van der Waals surface area contributed by atoms with Gasteiger partial charge in [0.15, 0.2) is 0 Å². The lowest BCUT2D eigenvalue weighted by molar-refractivity contribution is 0.129. The van der Waals surface area contributed by atoms with Gasteiger partial charge >= 0.3 is 0 Å².